The fraction of sp³-hybridized carbons (Fsp3) is 0.923. The van der Waals surface area contributed by atoms with Gasteiger partial charge in [0.15, 0.2) is 0 Å². The smallest absolute Gasteiger partial charge is 0.378 e. The van der Waals surface area contributed by atoms with Crippen molar-refractivity contribution in [1.29, 1.82) is 0 Å². The van der Waals surface area contributed by atoms with Crippen LogP contribution in [0.2, 0.25) is 0 Å². The summed E-state index contributed by atoms with van der Waals surface area (Å²) in [5, 5.41) is 14.6. The van der Waals surface area contributed by atoms with Gasteiger partial charge in [-0.2, -0.15) is 13.2 Å². The molecule has 2 aliphatic rings. The van der Waals surface area contributed by atoms with Gasteiger partial charge in [0.05, 0.1) is 5.75 Å². The number of hydrogen-bond acceptors (Lipinski definition) is 5. The second kappa shape index (κ2) is 7.70. The lowest BCUT2D eigenvalue weighted by atomic mass is 9.86. The molecular formula is C13H20ClF3N2O2S. The third kappa shape index (κ3) is 5.26. The Morgan fingerprint density at radius 1 is 1.23 bits per heavy atom. The molecule has 0 aromatic carbocycles. The van der Waals surface area contributed by atoms with E-state index < -0.39 is 30.4 Å². The Kier molecular flexibility index (Phi) is 6.41. The SMILES string of the molecule is O=C(CSC1NC(O)CC(C(F)(F)F)N1)C1CCC(Cl)CC1. The first-order valence-electron chi connectivity index (χ1n) is 7.31. The fourth-order valence-corrected chi connectivity index (χ4v) is 4.08. The van der Waals surface area contributed by atoms with E-state index in [-0.39, 0.29) is 22.8 Å². The molecule has 9 heteroatoms. The molecule has 1 heterocycles. The standard InChI is InChI=1S/C13H20ClF3N2O2S/c14-8-3-1-7(2-4-8)9(20)6-22-12-18-10(13(15,16)17)5-11(21)19-12/h7-8,10-12,18-19,21H,1-6H2. The Hall–Kier alpha value is -0.0200. The topological polar surface area (TPSA) is 61.4 Å². The highest BCUT2D eigenvalue weighted by Gasteiger charge is 2.44. The molecule has 1 aliphatic heterocycles. The third-order valence-corrected chi connectivity index (χ3v) is 5.55. The molecule has 3 atom stereocenters. The van der Waals surface area contributed by atoms with E-state index in [1.165, 1.54) is 0 Å². The van der Waals surface area contributed by atoms with Crippen LogP contribution in [0.1, 0.15) is 32.1 Å². The Morgan fingerprint density at radius 2 is 1.86 bits per heavy atom. The van der Waals surface area contributed by atoms with Gasteiger partial charge in [0, 0.05) is 17.7 Å². The molecule has 1 saturated heterocycles. The van der Waals surface area contributed by atoms with Crippen molar-refractivity contribution in [3.05, 3.63) is 0 Å². The zero-order valence-electron chi connectivity index (χ0n) is 11.9. The van der Waals surface area contributed by atoms with Crippen molar-refractivity contribution in [2.24, 2.45) is 5.92 Å². The summed E-state index contributed by atoms with van der Waals surface area (Å²) in [7, 11) is 0. The van der Waals surface area contributed by atoms with Gasteiger partial charge in [-0.25, -0.2) is 0 Å². The van der Waals surface area contributed by atoms with E-state index >= 15 is 0 Å². The molecule has 22 heavy (non-hydrogen) atoms. The number of nitrogens with one attached hydrogen (secondary N) is 2. The van der Waals surface area contributed by atoms with Crippen molar-refractivity contribution in [2.45, 2.75) is 61.4 Å². The van der Waals surface area contributed by atoms with Gasteiger partial charge in [0.25, 0.3) is 0 Å². The van der Waals surface area contributed by atoms with Crippen molar-refractivity contribution >= 4 is 29.1 Å². The lowest BCUT2D eigenvalue weighted by Gasteiger charge is -2.35. The third-order valence-electron chi connectivity index (χ3n) is 4.05. The Bertz CT molecular complexity index is 392. The van der Waals surface area contributed by atoms with E-state index in [0.29, 0.717) is 0 Å². The number of alkyl halides is 4. The molecule has 0 bridgehead atoms. The lowest BCUT2D eigenvalue weighted by Crippen LogP contribution is -2.61. The first-order chi connectivity index (χ1) is 10.3. The molecule has 3 N–H and O–H groups in total. The monoisotopic (exact) mass is 360 g/mol. The van der Waals surface area contributed by atoms with Crippen LogP contribution in [0.25, 0.3) is 0 Å². The molecule has 0 spiro atoms. The van der Waals surface area contributed by atoms with Gasteiger partial charge >= 0.3 is 6.18 Å². The second-order valence-electron chi connectivity index (χ2n) is 5.79. The highest BCUT2D eigenvalue weighted by Crippen LogP contribution is 2.30. The maximum absolute atomic E-state index is 12.7. The minimum atomic E-state index is -4.41. The summed E-state index contributed by atoms with van der Waals surface area (Å²) >= 11 is 7.05. The number of aliphatic hydroxyl groups is 1. The number of Topliss-reactive ketones (excluding diaryl/α,β-unsaturated/α-hetero) is 1. The van der Waals surface area contributed by atoms with Crippen LogP contribution < -0.4 is 10.6 Å². The average Bonchev–Trinajstić information content (AvgIpc) is 2.44. The Balaban J connectivity index is 1.79. The zero-order chi connectivity index (χ0) is 16.3. The summed E-state index contributed by atoms with van der Waals surface area (Å²) in [6, 6.07) is -1.76. The first kappa shape index (κ1) is 18.3. The van der Waals surface area contributed by atoms with Crippen LogP contribution in [0.4, 0.5) is 13.2 Å². The van der Waals surface area contributed by atoms with Crippen LogP contribution in [0.5, 0.6) is 0 Å². The molecule has 0 aromatic rings. The second-order valence-corrected chi connectivity index (χ2v) is 7.50. The number of halogens is 4. The highest BCUT2D eigenvalue weighted by atomic mass is 35.5. The quantitative estimate of drug-likeness (QED) is 0.671. The molecule has 0 aromatic heterocycles. The van der Waals surface area contributed by atoms with Crippen LogP contribution in [-0.2, 0) is 4.79 Å². The van der Waals surface area contributed by atoms with Gasteiger partial charge in [-0.3, -0.25) is 15.4 Å². The molecule has 128 valence electrons. The maximum Gasteiger partial charge on any atom is 0.404 e. The van der Waals surface area contributed by atoms with E-state index in [0.717, 1.165) is 37.4 Å². The summed E-state index contributed by atoms with van der Waals surface area (Å²) < 4.78 is 38.2. The fourth-order valence-electron chi connectivity index (χ4n) is 2.75. The first-order valence-corrected chi connectivity index (χ1v) is 8.79. The molecule has 3 unspecified atom stereocenters. The van der Waals surface area contributed by atoms with Crippen LogP contribution in [-0.4, -0.2) is 46.0 Å². The molecule has 2 rings (SSSR count). The van der Waals surface area contributed by atoms with Gasteiger partial charge in [-0.1, -0.05) is 0 Å². The Labute approximate surface area is 136 Å². The number of thioether (sulfide) groups is 1. The van der Waals surface area contributed by atoms with E-state index in [1.807, 2.05) is 0 Å². The van der Waals surface area contributed by atoms with Gasteiger partial charge in [0.2, 0.25) is 0 Å². The predicted molar refractivity (Wildman–Crippen MR) is 79.6 cm³/mol. The molecular weight excluding hydrogens is 341 g/mol. The summed E-state index contributed by atoms with van der Waals surface area (Å²) in [5.74, 6) is 0.120. The number of carbonyl (C=O) groups excluding carboxylic acids is 1. The summed E-state index contributed by atoms with van der Waals surface area (Å²) in [6.45, 7) is 0. The van der Waals surface area contributed by atoms with E-state index in [4.69, 9.17) is 11.6 Å². The van der Waals surface area contributed by atoms with Crippen molar-refractivity contribution < 1.29 is 23.1 Å². The van der Waals surface area contributed by atoms with E-state index in [9.17, 15) is 23.1 Å². The van der Waals surface area contributed by atoms with Crippen molar-refractivity contribution in [3.8, 4) is 0 Å². The summed E-state index contributed by atoms with van der Waals surface area (Å²) in [4.78, 5) is 12.1. The van der Waals surface area contributed by atoms with Gasteiger partial charge in [-0.15, -0.1) is 23.4 Å². The van der Waals surface area contributed by atoms with E-state index in [1.54, 1.807) is 0 Å². The predicted octanol–water partition coefficient (Wildman–Crippen LogP) is 2.20. The average molecular weight is 361 g/mol. The zero-order valence-corrected chi connectivity index (χ0v) is 13.5. The minimum absolute atomic E-state index is 0.0424. The van der Waals surface area contributed by atoms with Gasteiger partial charge < -0.3 is 5.11 Å². The highest BCUT2D eigenvalue weighted by molar-refractivity contribution is 8.00. The van der Waals surface area contributed by atoms with Gasteiger partial charge in [0.1, 0.15) is 23.6 Å². The summed E-state index contributed by atoms with van der Waals surface area (Å²) in [5.41, 5.74) is -0.788. The number of aliphatic hydroxyl groups excluding tert-OH is 1. The number of carbonyl (C=O) groups is 1. The molecule has 1 saturated carbocycles. The summed E-state index contributed by atoms with van der Waals surface area (Å²) in [6.07, 6.45) is -2.99. The number of hydrogen-bond donors (Lipinski definition) is 3. The molecule has 0 amide bonds. The maximum atomic E-state index is 12.7. The van der Waals surface area contributed by atoms with Crippen LogP contribution in [0.3, 0.4) is 0 Å². The van der Waals surface area contributed by atoms with Crippen LogP contribution >= 0.6 is 23.4 Å². The normalized spacial score (nSPS) is 37.0. The van der Waals surface area contributed by atoms with Crippen LogP contribution in [0, 0.1) is 5.92 Å². The number of rotatable bonds is 4. The van der Waals surface area contributed by atoms with Crippen LogP contribution in [0.15, 0.2) is 0 Å². The molecule has 1 aliphatic carbocycles. The largest absolute Gasteiger partial charge is 0.404 e. The van der Waals surface area contributed by atoms with Crippen molar-refractivity contribution in [3.63, 3.8) is 0 Å². The van der Waals surface area contributed by atoms with Crippen molar-refractivity contribution in [2.75, 3.05) is 5.75 Å². The van der Waals surface area contributed by atoms with E-state index in [2.05, 4.69) is 10.6 Å². The molecule has 4 nitrogen and oxygen atoms in total. The Morgan fingerprint density at radius 3 is 2.45 bits per heavy atom. The lowest BCUT2D eigenvalue weighted by molar-refractivity contribution is -0.170. The minimum Gasteiger partial charge on any atom is -0.378 e. The molecule has 0 radical (unpaired) electrons. The molecule has 2 fully saturated rings. The number of ketones is 1. The van der Waals surface area contributed by atoms with Gasteiger partial charge in [-0.05, 0) is 25.7 Å². The van der Waals surface area contributed by atoms with Crippen molar-refractivity contribution in [1.82, 2.24) is 10.6 Å².